The van der Waals surface area contributed by atoms with E-state index in [1.165, 1.54) is 12.1 Å². The van der Waals surface area contributed by atoms with Crippen LogP contribution in [0.15, 0.2) is 36.5 Å². The van der Waals surface area contributed by atoms with Crippen molar-refractivity contribution in [2.45, 2.75) is 24.8 Å². The van der Waals surface area contributed by atoms with Crippen molar-refractivity contribution >= 4 is 5.91 Å². The van der Waals surface area contributed by atoms with Crippen molar-refractivity contribution in [1.82, 2.24) is 15.5 Å². The molecule has 0 radical (unpaired) electrons. The number of rotatable bonds is 4. The normalized spacial score (nSPS) is 16.1. The number of aromatic nitrogens is 2. The third kappa shape index (κ3) is 2.23. The Hall–Kier alpha value is -2.17. The first-order chi connectivity index (χ1) is 9.21. The first-order valence-electron chi connectivity index (χ1n) is 6.23. The molecule has 0 aliphatic heterocycles. The third-order valence-electron chi connectivity index (χ3n) is 3.58. The largest absolute Gasteiger partial charge is 0.350 e. The van der Waals surface area contributed by atoms with Crippen LogP contribution in [-0.2, 0) is 16.8 Å². The van der Waals surface area contributed by atoms with Gasteiger partial charge in [0, 0.05) is 6.20 Å². The van der Waals surface area contributed by atoms with Gasteiger partial charge in [0.1, 0.15) is 5.82 Å². The molecule has 19 heavy (non-hydrogen) atoms. The van der Waals surface area contributed by atoms with E-state index in [1.807, 2.05) is 6.07 Å². The quantitative estimate of drug-likeness (QED) is 0.881. The third-order valence-corrected chi connectivity index (χ3v) is 3.58. The van der Waals surface area contributed by atoms with Gasteiger partial charge in [-0.15, -0.1) is 0 Å². The molecule has 0 spiro atoms. The highest BCUT2D eigenvalue weighted by Gasteiger charge is 2.51. The van der Waals surface area contributed by atoms with E-state index in [-0.39, 0.29) is 11.7 Å². The Balaban J connectivity index is 1.70. The van der Waals surface area contributed by atoms with E-state index in [4.69, 9.17) is 0 Å². The Morgan fingerprint density at radius 2 is 2.05 bits per heavy atom. The van der Waals surface area contributed by atoms with Gasteiger partial charge in [-0.25, -0.2) is 4.39 Å². The second-order valence-corrected chi connectivity index (χ2v) is 4.85. The molecule has 1 saturated carbocycles. The van der Waals surface area contributed by atoms with Gasteiger partial charge >= 0.3 is 0 Å². The molecule has 98 valence electrons. The first-order valence-corrected chi connectivity index (χ1v) is 6.23. The number of nitrogens with zero attached hydrogens (tertiary/aromatic N) is 1. The molecular formula is C14H14FN3O. The fourth-order valence-corrected chi connectivity index (χ4v) is 2.27. The smallest absolute Gasteiger partial charge is 0.230 e. The lowest BCUT2D eigenvalue weighted by molar-refractivity contribution is -0.123. The molecule has 1 aliphatic carbocycles. The number of aromatic amines is 1. The molecule has 4 nitrogen and oxygen atoms in total. The summed E-state index contributed by atoms with van der Waals surface area (Å²) >= 11 is 0. The predicted molar refractivity (Wildman–Crippen MR) is 67.7 cm³/mol. The highest BCUT2D eigenvalue weighted by molar-refractivity contribution is 5.91. The van der Waals surface area contributed by atoms with Crippen LogP contribution in [-0.4, -0.2) is 16.1 Å². The van der Waals surface area contributed by atoms with Crippen LogP contribution in [0, 0.1) is 5.82 Å². The molecule has 1 aromatic heterocycles. The number of amides is 1. The van der Waals surface area contributed by atoms with E-state index in [1.54, 1.807) is 18.3 Å². The first kappa shape index (κ1) is 11.9. The van der Waals surface area contributed by atoms with Gasteiger partial charge in [-0.2, -0.15) is 5.10 Å². The van der Waals surface area contributed by atoms with E-state index in [0.29, 0.717) is 6.54 Å². The summed E-state index contributed by atoms with van der Waals surface area (Å²) in [6.45, 7) is 0.432. The van der Waals surface area contributed by atoms with Gasteiger partial charge in [-0.05, 0) is 36.6 Å². The molecule has 5 heteroatoms. The van der Waals surface area contributed by atoms with Crippen molar-refractivity contribution in [3.8, 4) is 0 Å². The van der Waals surface area contributed by atoms with Crippen LogP contribution in [0.25, 0.3) is 0 Å². The second-order valence-electron chi connectivity index (χ2n) is 4.85. The van der Waals surface area contributed by atoms with Crippen molar-refractivity contribution in [2.24, 2.45) is 0 Å². The van der Waals surface area contributed by atoms with E-state index < -0.39 is 5.41 Å². The van der Waals surface area contributed by atoms with Crippen LogP contribution in [0.1, 0.15) is 24.1 Å². The number of hydrogen-bond acceptors (Lipinski definition) is 2. The molecule has 1 heterocycles. The number of carbonyl (C=O) groups excluding carboxylic acids is 1. The number of carbonyl (C=O) groups is 1. The molecule has 0 unspecified atom stereocenters. The van der Waals surface area contributed by atoms with Gasteiger partial charge in [0.15, 0.2) is 0 Å². The number of hydrogen-bond donors (Lipinski definition) is 2. The summed E-state index contributed by atoms with van der Waals surface area (Å²) in [6, 6.07) is 8.00. The second kappa shape index (κ2) is 4.50. The highest BCUT2D eigenvalue weighted by atomic mass is 19.1. The minimum atomic E-state index is -0.465. The van der Waals surface area contributed by atoms with Crippen molar-refractivity contribution in [2.75, 3.05) is 0 Å². The standard InChI is InChI=1S/C14H14FN3O/c15-11-3-1-10(2-4-11)14(6-7-14)13(19)16-9-12-5-8-17-18-12/h1-5,8H,6-7,9H2,(H,16,19)(H,17,18). The maximum atomic E-state index is 12.9. The zero-order valence-corrected chi connectivity index (χ0v) is 10.3. The zero-order valence-electron chi connectivity index (χ0n) is 10.3. The number of halogens is 1. The minimum Gasteiger partial charge on any atom is -0.350 e. The summed E-state index contributed by atoms with van der Waals surface area (Å²) in [4.78, 5) is 12.3. The fourth-order valence-electron chi connectivity index (χ4n) is 2.27. The molecule has 3 rings (SSSR count). The number of H-pyrrole nitrogens is 1. The van der Waals surface area contributed by atoms with Crippen LogP contribution >= 0.6 is 0 Å². The lowest BCUT2D eigenvalue weighted by Gasteiger charge is -2.15. The van der Waals surface area contributed by atoms with Crippen LogP contribution in [0.3, 0.4) is 0 Å². The predicted octanol–water partition coefficient (Wildman–Crippen LogP) is 1.90. The summed E-state index contributed by atoms with van der Waals surface area (Å²) < 4.78 is 12.9. The van der Waals surface area contributed by atoms with E-state index in [2.05, 4.69) is 15.5 Å². The molecule has 0 saturated heterocycles. The number of nitrogens with one attached hydrogen (secondary N) is 2. The maximum Gasteiger partial charge on any atom is 0.230 e. The molecule has 0 bridgehead atoms. The van der Waals surface area contributed by atoms with Gasteiger partial charge < -0.3 is 5.32 Å². The molecular weight excluding hydrogens is 245 g/mol. The van der Waals surface area contributed by atoms with Gasteiger partial charge in [0.05, 0.1) is 17.7 Å². The number of benzene rings is 1. The minimum absolute atomic E-state index is 0.00583. The van der Waals surface area contributed by atoms with Crippen molar-refractivity contribution < 1.29 is 9.18 Å². The molecule has 0 atom stereocenters. The molecule has 2 aromatic rings. The van der Waals surface area contributed by atoms with E-state index in [0.717, 1.165) is 24.1 Å². The SMILES string of the molecule is O=C(NCc1ccn[nH]1)C1(c2ccc(F)cc2)CC1. The Labute approximate surface area is 110 Å². The monoisotopic (exact) mass is 259 g/mol. The van der Waals surface area contributed by atoms with Gasteiger partial charge in [0.25, 0.3) is 0 Å². The molecule has 1 aromatic carbocycles. The van der Waals surface area contributed by atoms with Gasteiger partial charge in [-0.3, -0.25) is 9.89 Å². The summed E-state index contributed by atoms with van der Waals surface area (Å²) in [5, 5.41) is 9.52. The topological polar surface area (TPSA) is 57.8 Å². The summed E-state index contributed by atoms with van der Waals surface area (Å²) in [5.74, 6) is -0.286. The maximum absolute atomic E-state index is 12.9. The van der Waals surface area contributed by atoms with Crippen LogP contribution in [0.5, 0.6) is 0 Å². The van der Waals surface area contributed by atoms with Crippen molar-refractivity contribution in [3.05, 3.63) is 53.6 Å². The Morgan fingerprint density at radius 3 is 2.63 bits per heavy atom. The zero-order chi connectivity index (χ0) is 13.3. The van der Waals surface area contributed by atoms with Gasteiger partial charge in [0.2, 0.25) is 5.91 Å². The van der Waals surface area contributed by atoms with Gasteiger partial charge in [-0.1, -0.05) is 12.1 Å². The molecule has 1 amide bonds. The summed E-state index contributed by atoms with van der Waals surface area (Å²) in [7, 11) is 0. The average molecular weight is 259 g/mol. The lowest BCUT2D eigenvalue weighted by atomic mass is 9.95. The Kier molecular flexibility index (Phi) is 2.81. The lowest BCUT2D eigenvalue weighted by Crippen LogP contribution is -2.34. The van der Waals surface area contributed by atoms with E-state index in [9.17, 15) is 9.18 Å². The summed E-state index contributed by atoms with van der Waals surface area (Å²) in [6.07, 6.45) is 3.27. The Bertz CT molecular complexity index is 573. The molecule has 1 fully saturated rings. The molecule has 1 aliphatic rings. The Morgan fingerprint density at radius 1 is 1.32 bits per heavy atom. The van der Waals surface area contributed by atoms with Crippen LogP contribution < -0.4 is 5.32 Å². The van der Waals surface area contributed by atoms with Crippen LogP contribution in [0.2, 0.25) is 0 Å². The van der Waals surface area contributed by atoms with Crippen LogP contribution in [0.4, 0.5) is 4.39 Å². The summed E-state index contributed by atoms with van der Waals surface area (Å²) in [5.41, 5.74) is 1.28. The fraction of sp³-hybridized carbons (Fsp3) is 0.286. The highest BCUT2D eigenvalue weighted by Crippen LogP contribution is 2.48. The van der Waals surface area contributed by atoms with Crippen molar-refractivity contribution in [1.29, 1.82) is 0 Å². The average Bonchev–Trinajstić information content (AvgIpc) is 3.07. The molecule has 2 N–H and O–H groups in total. The van der Waals surface area contributed by atoms with Crippen molar-refractivity contribution in [3.63, 3.8) is 0 Å². The van der Waals surface area contributed by atoms with E-state index >= 15 is 0 Å².